The summed E-state index contributed by atoms with van der Waals surface area (Å²) in [6.07, 6.45) is 0.742. The van der Waals surface area contributed by atoms with E-state index in [-0.39, 0.29) is 49.5 Å². The largest absolute Gasteiger partial charge is 0.508 e. The number of phenols is 1. The zero-order valence-corrected chi connectivity index (χ0v) is 44.9. The molecule has 0 fully saturated rings. The van der Waals surface area contributed by atoms with E-state index >= 15 is 0 Å². The number of carbonyl (C=O) groups excluding carboxylic acids is 8. The second-order valence-corrected chi connectivity index (χ2v) is 19.9. The van der Waals surface area contributed by atoms with Gasteiger partial charge in [-0.15, -0.1) is 0 Å². The van der Waals surface area contributed by atoms with E-state index in [9.17, 15) is 50.0 Å². The number of para-hydroxylation sites is 1. The zero-order chi connectivity index (χ0) is 57.2. The third kappa shape index (κ3) is 17.7. The third-order valence-corrected chi connectivity index (χ3v) is 13.5. The number of amides is 8. The quantitative estimate of drug-likeness (QED) is 0.0227. The Labute approximate surface area is 459 Å². The van der Waals surface area contributed by atoms with Gasteiger partial charge in [-0.25, -0.2) is 0 Å². The highest BCUT2D eigenvalue weighted by Gasteiger charge is 2.36. The molecule has 5 rings (SSSR count). The number of aliphatic hydroxyl groups excluding tert-OH is 1. The Kier molecular flexibility index (Phi) is 22.5. The number of primary amides is 1. The fourth-order valence-corrected chi connectivity index (χ4v) is 8.94. The molecule has 8 amide bonds. The van der Waals surface area contributed by atoms with Crippen LogP contribution < -0.4 is 54.4 Å². The second-order valence-electron chi connectivity index (χ2n) is 19.2. The van der Waals surface area contributed by atoms with Crippen LogP contribution in [0.5, 0.6) is 5.75 Å². The number of rotatable bonds is 29. The number of aliphatic hydroxyl groups is 1. The Morgan fingerprint density at radius 3 is 1.82 bits per heavy atom. The van der Waals surface area contributed by atoms with Crippen LogP contribution in [0.4, 0.5) is 0 Å². The van der Waals surface area contributed by atoms with E-state index in [2.05, 4.69) is 62.1 Å². The van der Waals surface area contributed by atoms with E-state index in [1.807, 2.05) is 48.5 Å². The minimum absolute atomic E-state index is 0.0196. The van der Waals surface area contributed by atoms with Crippen molar-refractivity contribution in [1.82, 2.24) is 42.2 Å². The lowest BCUT2D eigenvalue weighted by Gasteiger charge is -2.29. The molecule has 0 aliphatic rings. The molecule has 1 heterocycles. The molecule has 9 atom stereocenters. The molecule has 0 bridgehead atoms. The normalized spacial score (nSPS) is 15.1. The maximum absolute atomic E-state index is 14.8. The standard InChI is InChI=1S/C54H71N11O10S2/c1-29(2)45(54(75)63-44(28-77)53(74)65-46(30(3)66)47(57)68)64-49(70)40(14-8-9-21-55)59-51(72)42(25-35-26-58-39-13-7-6-12-37(35)39)61-50(71)41(24-31-16-19-36(67)20-17-31)60-52(73)43(27-76)62-48(69)38(56)23-32-15-18-33-10-4-5-11-34(33)22-32/h4-7,10-13,15-20,22,26,29-30,38,40-46,58,66-67,76-77H,8-9,14,21,23-25,27-28,55-56H2,1-3H3,(H2,57,68)(H,59,72)(H,60,73)(H,61,71)(H,62,69)(H,63,75)(H,64,70)(H,65,74)/t30-,38-,40+,41+,42+,43+,44+,45+,46+/m1/s1/i/hD. The highest BCUT2D eigenvalue weighted by atomic mass is 32.1. The van der Waals surface area contributed by atoms with Gasteiger partial charge >= 0.3 is 0 Å². The van der Waals surface area contributed by atoms with Gasteiger partial charge in [0.1, 0.15) is 48.0 Å². The van der Waals surface area contributed by atoms with E-state index in [4.69, 9.17) is 17.2 Å². The summed E-state index contributed by atoms with van der Waals surface area (Å²) >= 11 is 8.50. The summed E-state index contributed by atoms with van der Waals surface area (Å²) in [5.74, 6) is -8.28. The van der Waals surface area contributed by atoms with Crippen molar-refractivity contribution in [2.45, 2.75) is 114 Å². The first-order valence-electron chi connectivity index (χ1n) is 25.7. The van der Waals surface area contributed by atoms with Gasteiger partial charge in [-0.2, -0.15) is 25.3 Å². The van der Waals surface area contributed by atoms with Gasteiger partial charge in [0.15, 0.2) is 1.41 Å². The molecule has 16 N–H and O–H groups in total. The maximum Gasteiger partial charge on any atom is 0.244 e. The van der Waals surface area contributed by atoms with Gasteiger partial charge in [0, 0.05) is 41.4 Å². The Morgan fingerprint density at radius 2 is 1.17 bits per heavy atom. The minimum Gasteiger partial charge on any atom is -0.508 e. The predicted octanol–water partition coefficient (Wildman–Crippen LogP) is 0.286. The number of aromatic nitrogens is 1. The highest BCUT2D eigenvalue weighted by Crippen LogP contribution is 2.21. The lowest BCUT2D eigenvalue weighted by molar-refractivity contribution is -0.136. The number of hydrogen-bond acceptors (Lipinski definition) is 14. The monoisotopic (exact) mass is 1100 g/mol. The lowest BCUT2D eigenvalue weighted by Crippen LogP contribution is -2.62. The number of aromatic amines is 1. The molecule has 0 unspecified atom stereocenters. The molecular formula is C54H71N11O10S2. The number of phenolic OH excluding ortho intramolecular Hbond substituents is 1. The molecule has 23 heteroatoms. The zero-order valence-electron chi connectivity index (χ0n) is 44.1. The first-order valence-corrected chi connectivity index (χ1v) is 26.5. The van der Waals surface area contributed by atoms with Gasteiger partial charge in [-0.05, 0) is 90.7 Å². The van der Waals surface area contributed by atoms with Crippen LogP contribution in [0.3, 0.4) is 0 Å². The van der Waals surface area contributed by atoms with Crippen LogP contribution in [0.2, 0.25) is 1.41 Å². The van der Waals surface area contributed by atoms with Crippen LogP contribution in [0.15, 0.2) is 97.2 Å². The summed E-state index contributed by atoms with van der Waals surface area (Å²) in [6.45, 7) is 4.76. The van der Waals surface area contributed by atoms with Gasteiger partial charge in [0.25, 0.3) is 0 Å². The van der Waals surface area contributed by atoms with Crippen LogP contribution in [0, 0.1) is 5.92 Å². The van der Waals surface area contributed by atoms with Crippen LogP contribution in [0.1, 0.15) is 56.7 Å². The minimum atomic E-state index is -1.67. The lowest BCUT2D eigenvalue weighted by atomic mass is 10.00. The summed E-state index contributed by atoms with van der Waals surface area (Å²) in [4.78, 5) is 114. The van der Waals surface area contributed by atoms with E-state index < -0.39 is 108 Å². The molecule has 0 aliphatic carbocycles. The first-order chi connectivity index (χ1) is 37.1. The van der Waals surface area contributed by atoms with Gasteiger partial charge in [-0.3, -0.25) is 38.4 Å². The Bertz CT molecular complexity index is 2890. The fourth-order valence-electron chi connectivity index (χ4n) is 8.43. The molecule has 4 aromatic carbocycles. The Balaban J connectivity index is 1.41. The van der Waals surface area contributed by atoms with E-state index in [0.29, 0.717) is 40.2 Å². The molecule has 77 heavy (non-hydrogen) atoms. The smallest absolute Gasteiger partial charge is 0.244 e. The third-order valence-electron chi connectivity index (χ3n) is 12.8. The Morgan fingerprint density at radius 1 is 0.610 bits per heavy atom. The molecule has 21 nitrogen and oxygen atoms in total. The van der Waals surface area contributed by atoms with Crippen molar-refractivity contribution in [2.75, 3.05) is 18.1 Å². The molecule has 5 aromatic rings. The number of aromatic hydroxyl groups is 1. The summed E-state index contributed by atoms with van der Waals surface area (Å²) in [6, 6.07) is 15.1. The number of hydrogen-bond donors (Lipinski definition) is 15. The van der Waals surface area contributed by atoms with Crippen molar-refractivity contribution in [1.29, 1.82) is 0 Å². The van der Waals surface area contributed by atoms with Crippen molar-refractivity contribution in [3.63, 3.8) is 0 Å². The van der Waals surface area contributed by atoms with Crippen molar-refractivity contribution >= 4 is 94.2 Å². The molecule has 0 radical (unpaired) electrons. The predicted molar refractivity (Wildman–Crippen MR) is 299 cm³/mol. The number of benzene rings is 4. The molecule has 0 aliphatic heterocycles. The van der Waals surface area contributed by atoms with Crippen LogP contribution in [-0.4, -0.2) is 135 Å². The SMILES string of the molecule is [2H]N(C(=O)[C@H](CS)NC(=O)[C@H](N)Cc1ccc2ccccc2c1)[C@@H](Cc1ccc(O)cc1)C(=O)N[C@@H](Cc1c[nH]c2ccccc12)C(=O)N[C@@H](CCCCN)C(=O)N[C@H](C(=O)N[C@@H](CS)C(=O)N[C@H](C(N)=O)[C@@H](C)O)C(C)C. The van der Waals surface area contributed by atoms with Crippen LogP contribution >= 0.6 is 25.3 Å². The number of unbranched alkanes of at least 4 members (excludes halogenated alkanes) is 1. The summed E-state index contributed by atoms with van der Waals surface area (Å²) in [5, 5.41) is 38.7. The topological polar surface area (TPSA) is 355 Å². The number of nitrogens with two attached hydrogens (primary N) is 3. The summed E-state index contributed by atoms with van der Waals surface area (Å²) in [5.41, 5.74) is 20.0. The summed E-state index contributed by atoms with van der Waals surface area (Å²) < 4.78 is 9.19. The van der Waals surface area contributed by atoms with E-state index in [1.54, 1.807) is 38.2 Å². The summed E-state index contributed by atoms with van der Waals surface area (Å²) in [7, 11) is 0. The second kappa shape index (κ2) is 29.4. The van der Waals surface area contributed by atoms with Crippen LogP contribution in [0.25, 0.3) is 21.7 Å². The molecule has 0 spiro atoms. The number of H-pyrrole nitrogens is 1. The maximum atomic E-state index is 14.8. The van der Waals surface area contributed by atoms with Crippen LogP contribution in [-0.2, 0) is 57.6 Å². The van der Waals surface area contributed by atoms with Crippen molar-refractivity contribution in [2.24, 2.45) is 23.1 Å². The number of nitrogens with one attached hydrogen (secondary N) is 8. The van der Waals surface area contributed by atoms with Gasteiger partial charge in [0.2, 0.25) is 47.3 Å². The van der Waals surface area contributed by atoms with Gasteiger partial charge in [0.05, 0.1) is 12.1 Å². The average Bonchev–Trinajstić information content (AvgIpc) is 3.83. The van der Waals surface area contributed by atoms with Crippen molar-refractivity contribution in [3.8, 4) is 5.75 Å². The van der Waals surface area contributed by atoms with Gasteiger partial charge < -0.3 is 69.6 Å². The molecule has 414 valence electrons. The molecular weight excluding hydrogens is 1030 g/mol. The highest BCUT2D eigenvalue weighted by molar-refractivity contribution is 7.80. The van der Waals surface area contributed by atoms with E-state index in [1.165, 1.54) is 31.2 Å². The molecule has 0 saturated heterocycles. The average molecular weight is 1100 g/mol. The molecule has 1 aromatic heterocycles. The molecule has 0 saturated carbocycles. The van der Waals surface area contributed by atoms with Crippen molar-refractivity contribution < 1.29 is 50.0 Å². The first kappa shape index (κ1) is 59.1. The fraction of sp³-hybridized carbons (Fsp3) is 0.407. The number of fused-ring (bicyclic) bond motifs is 2. The van der Waals surface area contributed by atoms with Crippen molar-refractivity contribution in [3.05, 3.63) is 114 Å². The number of thiol groups is 2. The number of carbonyl (C=O) groups is 8. The Hall–Kier alpha value is -7.18. The van der Waals surface area contributed by atoms with Gasteiger partial charge in [-0.1, -0.05) is 86.6 Å². The van der Waals surface area contributed by atoms with E-state index in [0.717, 1.165) is 16.3 Å².